The van der Waals surface area contributed by atoms with Crippen molar-refractivity contribution in [1.29, 1.82) is 0 Å². The second-order valence-corrected chi connectivity index (χ2v) is 9.87. The number of benzene rings is 2. The number of carboxylic acid groups (broad SMARTS) is 2. The van der Waals surface area contributed by atoms with E-state index in [1.54, 1.807) is 4.90 Å². The number of hydrogen-bond donors (Lipinski definition) is 3. The Morgan fingerprint density at radius 1 is 0.943 bits per heavy atom. The van der Waals surface area contributed by atoms with Crippen LogP contribution in [0, 0.1) is 0 Å². The van der Waals surface area contributed by atoms with Gasteiger partial charge in [-0.1, -0.05) is 12.1 Å². The van der Waals surface area contributed by atoms with E-state index in [0.29, 0.717) is 19.5 Å². The highest BCUT2D eigenvalue weighted by Gasteiger charge is 2.33. The first kappa shape index (κ1) is 24.0. The molecule has 1 aliphatic heterocycles. The van der Waals surface area contributed by atoms with Crippen molar-refractivity contribution in [2.75, 3.05) is 36.0 Å². The number of carboxylic acids is 2. The summed E-state index contributed by atoms with van der Waals surface area (Å²) in [5.41, 5.74) is -0.956. The predicted molar refractivity (Wildman–Crippen MR) is 127 cm³/mol. The zero-order valence-electron chi connectivity index (χ0n) is 18.3. The smallest absolute Gasteiger partial charge is 0.432 e. The van der Waals surface area contributed by atoms with Gasteiger partial charge in [0.1, 0.15) is 22.9 Å². The van der Waals surface area contributed by atoms with Crippen molar-refractivity contribution in [3.63, 3.8) is 0 Å². The maximum atomic E-state index is 13.8. The Kier molecular flexibility index (Phi) is 6.61. The molecule has 0 atom stereocenters. The molecule has 0 unspecified atom stereocenters. The molecule has 3 aromatic carbocycles. The molecule has 11 nitrogen and oxygen atoms in total. The lowest BCUT2D eigenvalue weighted by molar-refractivity contribution is 0.0686. The normalized spacial score (nSPS) is 13.4. The minimum atomic E-state index is -4.07. The number of anilines is 2. The monoisotopic (exact) mass is 500 g/mol. The van der Waals surface area contributed by atoms with Crippen LogP contribution in [0.5, 0.6) is 11.5 Å². The van der Waals surface area contributed by atoms with Gasteiger partial charge in [0.05, 0.1) is 17.3 Å². The van der Waals surface area contributed by atoms with Crippen molar-refractivity contribution in [1.82, 2.24) is 0 Å². The minimum Gasteiger partial charge on any atom is -0.478 e. The Bertz CT molecular complexity index is 1350. The Hall–Kier alpha value is -4.11. The molecule has 182 valence electrons. The molecule has 0 saturated heterocycles. The van der Waals surface area contributed by atoms with Crippen LogP contribution in [0.2, 0.25) is 0 Å². The quantitative estimate of drug-likeness (QED) is 0.293. The molecule has 0 aromatic heterocycles. The number of aromatic carboxylic acids is 2. The second kappa shape index (κ2) is 9.63. The van der Waals surface area contributed by atoms with Crippen LogP contribution < -0.4 is 30.1 Å². The van der Waals surface area contributed by atoms with Gasteiger partial charge in [0.25, 0.3) is 10.9 Å². The first-order chi connectivity index (χ1) is 16.7. The summed E-state index contributed by atoms with van der Waals surface area (Å²) in [7, 11) is -4.07. The molecule has 1 aliphatic rings. The molecule has 0 aliphatic carbocycles. The summed E-state index contributed by atoms with van der Waals surface area (Å²) in [6, 6.07) is 10.7. The first-order valence-electron chi connectivity index (χ1n) is 10.6. The van der Waals surface area contributed by atoms with E-state index < -0.39 is 30.4 Å². The van der Waals surface area contributed by atoms with Crippen molar-refractivity contribution in [3.05, 3.63) is 80.1 Å². The Labute approximate surface area is 198 Å². The summed E-state index contributed by atoms with van der Waals surface area (Å²) >= 11 is 0. The highest BCUT2D eigenvalue weighted by Crippen LogP contribution is 2.49. The van der Waals surface area contributed by atoms with Crippen molar-refractivity contribution in [3.8, 4) is 11.5 Å². The van der Waals surface area contributed by atoms with Gasteiger partial charge in [0, 0.05) is 19.6 Å². The predicted octanol–water partition coefficient (Wildman–Crippen LogP) is 2.65. The molecular weight excluding hydrogens is 479 g/mol. The molecule has 0 spiro atoms. The highest BCUT2D eigenvalue weighted by atomic mass is 31.2. The lowest BCUT2D eigenvalue weighted by Gasteiger charge is -2.27. The van der Waals surface area contributed by atoms with E-state index in [1.807, 2.05) is 0 Å². The van der Waals surface area contributed by atoms with Crippen LogP contribution in [0.1, 0.15) is 27.1 Å². The molecule has 1 heterocycles. The fourth-order valence-corrected chi connectivity index (χ4v) is 5.29. The largest absolute Gasteiger partial charge is 0.478 e. The van der Waals surface area contributed by atoms with Gasteiger partial charge in [-0.15, -0.1) is 0 Å². The number of nitrogens with one attached hydrogen (secondary N) is 1. The van der Waals surface area contributed by atoms with Crippen LogP contribution in [-0.2, 0) is 4.57 Å². The van der Waals surface area contributed by atoms with E-state index in [-0.39, 0.29) is 46.7 Å². The molecule has 0 radical (unpaired) electrons. The average Bonchev–Trinajstić information content (AvgIpc) is 3.03. The molecule has 12 heteroatoms. The van der Waals surface area contributed by atoms with E-state index in [4.69, 9.17) is 9.05 Å². The van der Waals surface area contributed by atoms with Crippen LogP contribution >= 0.6 is 7.60 Å². The average molecular weight is 500 g/mol. The van der Waals surface area contributed by atoms with Crippen molar-refractivity contribution in [2.45, 2.75) is 6.42 Å². The summed E-state index contributed by atoms with van der Waals surface area (Å²) in [4.78, 5) is 48.3. The molecule has 35 heavy (non-hydrogen) atoms. The van der Waals surface area contributed by atoms with Gasteiger partial charge in [0.2, 0.25) is 0 Å². The molecule has 3 N–H and O–H groups in total. The minimum absolute atomic E-state index is 0.0186. The maximum absolute atomic E-state index is 13.8. The maximum Gasteiger partial charge on any atom is 0.432 e. The molecule has 0 saturated carbocycles. The zero-order valence-corrected chi connectivity index (χ0v) is 19.2. The third-order valence-corrected chi connectivity index (χ3v) is 7.13. The lowest BCUT2D eigenvalue weighted by atomic mass is 10.2. The van der Waals surface area contributed by atoms with E-state index >= 15 is 0 Å². The fraction of sp³-hybridized carbons (Fsp3) is 0.217. The van der Waals surface area contributed by atoms with Crippen molar-refractivity contribution in [2.24, 2.45) is 0 Å². The van der Waals surface area contributed by atoms with Gasteiger partial charge < -0.3 is 29.5 Å². The van der Waals surface area contributed by atoms with Crippen molar-refractivity contribution < 1.29 is 33.4 Å². The van der Waals surface area contributed by atoms with E-state index in [9.17, 15) is 34.0 Å². The molecular formula is C23H21N2O9P. The van der Waals surface area contributed by atoms with Gasteiger partial charge >= 0.3 is 19.5 Å². The van der Waals surface area contributed by atoms with Crippen LogP contribution in [0.25, 0.3) is 0 Å². The molecule has 3 aromatic rings. The topological polar surface area (TPSA) is 160 Å². The molecule has 0 amide bonds. The van der Waals surface area contributed by atoms with E-state index in [1.165, 1.54) is 48.5 Å². The van der Waals surface area contributed by atoms with Gasteiger partial charge in [-0.05, 0) is 42.8 Å². The summed E-state index contributed by atoms with van der Waals surface area (Å²) in [6.45, 7) is 0.963. The van der Waals surface area contributed by atoms with Gasteiger partial charge in [0.15, 0.2) is 0 Å². The SMILES string of the molecule is O=C(O)c1cccc(OP(=O)(CCN2CCCNc3c2c(=O)c3=O)Oc2cccc(C(=O)O)c2)c1. The Morgan fingerprint density at radius 2 is 1.51 bits per heavy atom. The third kappa shape index (κ3) is 5.20. The lowest BCUT2D eigenvalue weighted by Crippen LogP contribution is -2.42. The van der Waals surface area contributed by atoms with Crippen LogP contribution in [0.15, 0.2) is 58.1 Å². The molecule has 0 fully saturated rings. The second-order valence-electron chi connectivity index (χ2n) is 7.83. The summed E-state index contributed by atoms with van der Waals surface area (Å²) in [5.74, 6) is -2.44. The van der Waals surface area contributed by atoms with Gasteiger partial charge in [-0.3, -0.25) is 9.59 Å². The van der Waals surface area contributed by atoms with Gasteiger partial charge in [-0.25, -0.2) is 14.2 Å². The van der Waals surface area contributed by atoms with Crippen LogP contribution in [0.4, 0.5) is 11.4 Å². The summed E-state index contributed by atoms with van der Waals surface area (Å²) in [5, 5.41) is 21.4. The summed E-state index contributed by atoms with van der Waals surface area (Å²) in [6.07, 6.45) is 0.390. The van der Waals surface area contributed by atoms with E-state index in [2.05, 4.69) is 5.32 Å². The fourth-order valence-electron chi connectivity index (χ4n) is 3.71. The Morgan fingerprint density at radius 3 is 2.06 bits per heavy atom. The standard InChI is InChI=1S/C23H21N2O9P/c26-20-18-19(21(20)27)25(9-3-8-24-18)10-11-35(32,33-16-6-1-4-14(12-16)22(28)29)34-17-7-2-5-15(13-17)23(30)31/h1-2,4-7,12-13,24H,3,8-11H2,(H,28,29)(H,30,31). The highest BCUT2D eigenvalue weighted by molar-refractivity contribution is 7.54. The van der Waals surface area contributed by atoms with Crippen LogP contribution in [-0.4, -0.2) is 47.9 Å². The summed E-state index contributed by atoms with van der Waals surface area (Å²) < 4.78 is 25.2. The number of hydrogen-bond acceptors (Lipinski definition) is 9. The van der Waals surface area contributed by atoms with Crippen LogP contribution in [0.3, 0.4) is 0 Å². The number of fused-ring (bicyclic) bond motifs is 1. The molecule has 0 bridgehead atoms. The number of carbonyl (C=O) groups is 2. The Balaban J connectivity index is 1.62. The number of nitrogens with zero attached hydrogens (tertiary/aromatic N) is 1. The third-order valence-electron chi connectivity index (χ3n) is 5.40. The number of rotatable bonds is 9. The van der Waals surface area contributed by atoms with Gasteiger partial charge in [-0.2, -0.15) is 0 Å². The first-order valence-corrected chi connectivity index (χ1v) is 12.4. The van der Waals surface area contributed by atoms with Crippen molar-refractivity contribution >= 4 is 30.9 Å². The zero-order chi connectivity index (χ0) is 25.2. The van der Waals surface area contributed by atoms with E-state index in [0.717, 1.165) is 0 Å². The molecule has 4 rings (SSSR count).